The number of carbonyl (C=O) groups excluding carboxylic acids is 1. The van der Waals surface area contributed by atoms with E-state index in [0.717, 1.165) is 35.1 Å². The van der Waals surface area contributed by atoms with Crippen LogP contribution in [0.4, 0.5) is 16.2 Å². The molecular weight excluding hydrogens is 356 g/mol. The molecule has 1 aromatic carbocycles. The van der Waals surface area contributed by atoms with Gasteiger partial charge in [-0.2, -0.15) is 0 Å². The normalized spacial score (nSPS) is 14.1. The number of hydrogen-bond donors (Lipinski definition) is 2. The largest absolute Gasteiger partial charge is 0.453 e. The molecule has 0 aliphatic carbocycles. The van der Waals surface area contributed by atoms with E-state index in [0.29, 0.717) is 12.4 Å². The van der Waals surface area contributed by atoms with E-state index >= 15 is 0 Å². The van der Waals surface area contributed by atoms with Crippen LogP contribution in [0, 0.1) is 0 Å². The van der Waals surface area contributed by atoms with Gasteiger partial charge >= 0.3 is 6.09 Å². The van der Waals surface area contributed by atoms with E-state index in [2.05, 4.69) is 32.1 Å². The number of aliphatic imine (C=N–C) groups is 1. The Labute approximate surface area is 155 Å². The number of amidine groups is 1. The lowest BCUT2D eigenvalue weighted by molar-refractivity contribution is 0.171. The summed E-state index contributed by atoms with van der Waals surface area (Å²) in [7, 11) is 1.37. The van der Waals surface area contributed by atoms with Crippen molar-refractivity contribution >= 4 is 46.4 Å². The second kappa shape index (κ2) is 8.26. The summed E-state index contributed by atoms with van der Waals surface area (Å²) in [5.41, 5.74) is 8.05. The Balaban J connectivity index is 1.76. The Bertz CT molecular complexity index is 762. The van der Waals surface area contributed by atoms with Crippen molar-refractivity contribution < 1.29 is 9.53 Å². The first kappa shape index (κ1) is 17.6. The zero-order valence-corrected chi connectivity index (χ0v) is 15.5. The molecule has 8 heteroatoms. The summed E-state index contributed by atoms with van der Waals surface area (Å²) in [5, 5.41) is 4.70. The Morgan fingerprint density at radius 1 is 1.44 bits per heavy atom. The lowest BCUT2D eigenvalue weighted by Gasteiger charge is -2.31. The third-order valence-corrected chi connectivity index (χ3v) is 5.70. The van der Waals surface area contributed by atoms with Crippen LogP contribution in [-0.2, 0) is 4.74 Å². The predicted molar refractivity (Wildman–Crippen MR) is 104 cm³/mol. The van der Waals surface area contributed by atoms with Gasteiger partial charge < -0.3 is 20.7 Å². The third-order valence-electron chi connectivity index (χ3n) is 3.76. The van der Waals surface area contributed by atoms with Gasteiger partial charge in [0.15, 0.2) is 0 Å². The number of nitrogens with two attached hydrogens (primary N) is 1. The first-order chi connectivity index (χ1) is 12.2. The molecule has 1 aromatic heterocycles. The molecule has 3 N–H and O–H groups in total. The summed E-state index contributed by atoms with van der Waals surface area (Å²) in [6.45, 7) is 2.17. The molecule has 25 heavy (non-hydrogen) atoms. The van der Waals surface area contributed by atoms with Gasteiger partial charge in [-0.1, -0.05) is 6.07 Å². The first-order valence-corrected chi connectivity index (χ1v) is 9.75. The van der Waals surface area contributed by atoms with Gasteiger partial charge in [0.05, 0.1) is 23.4 Å². The number of fused-ring (bicyclic) bond motifs is 1. The SMILES string of the molecule is COC(=O)NCCN1CCSc2ccc(N=C(N)c3cccs3)cc21. The monoisotopic (exact) mass is 376 g/mol. The van der Waals surface area contributed by atoms with E-state index in [1.807, 2.05) is 35.3 Å². The Morgan fingerprint density at radius 3 is 3.08 bits per heavy atom. The van der Waals surface area contributed by atoms with Crippen LogP contribution in [0.1, 0.15) is 4.88 Å². The van der Waals surface area contributed by atoms with Crippen molar-refractivity contribution in [3.63, 3.8) is 0 Å². The summed E-state index contributed by atoms with van der Waals surface area (Å²) in [6, 6.07) is 10.0. The average Bonchev–Trinajstić information content (AvgIpc) is 3.16. The fraction of sp³-hybridized carbons (Fsp3) is 0.294. The zero-order chi connectivity index (χ0) is 17.6. The predicted octanol–water partition coefficient (Wildman–Crippen LogP) is 3.05. The highest BCUT2D eigenvalue weighted by Crippen LogP contribution is 2.37. The van der Waals surface area contributed by atoms with Crippen molar-refractivity contribution in [3.8, 4) is 0 Å². The van der Waals surface area contributed by atoms with E-state index in [1.54, 1.807) is 11.3 Å². The molecule has 1 aliphatic heterocycles. The van der Waals surface area contributed by atoms with Crippen molar-refractivity contribution in [1.29, 1.82) is 0 Å². The second-order valence-electron chi connectivity index (χ2n) is 5.38. The van der Waals surface area contributed by atoms with Crippen LogP contribution in [0.2, 0.25) is 0 Å². The van der Waals surface area contributed by atoms with Crippen LogP contribution in [-0.4, -0.2) is 44.4 Å². The van der Waals surface area contributed by atoms with E-state index < -0.39 is 6.09 Å². The summed E-state index contributed by atoms with van der Waals surface area (Å²) in [4.78, 5) is 20.2. The van der Waals surface area contributed by atoms with Gasteiger partial charge in [0.1, 0.15) is 5.84 Å². The number of anilines is 1. The molecule has 1 amide bonds. The Hall–Kier alpha value is -2.19. The van der Waals surface area contributed by atoms with Gasteiger partial charge in [-0.3, -0.25) is 0 Å². The minimum absolute atomic E-state index is 0.409. The average molecular weight is 377 g/mol. The minimum Gasteiger partial charge on any atom is -0.453 e. The van der Waals surface area contributed by atoms with Crippen LogP contribution >= 0.6 is 23.1 Å². The fourth-order valence-electron chi connectivity index (χ4n) is 2.55. The molecule has 0 atom stereocenters. The lowest BCUT2D eigenvalue weighted by atomic mass is 10.2. The second-order valence-corrected chi connectivity index (χ2v) is 7.46. The molecule has 0 saturated heterocycles. The smallest absolute Gasteiger partial charge is 0.406 e. The van der Waals surface area contributed by atoms with Crippen molar-refractivity contribution in [2.75, 3.05) is 37.4 Å². The molecule has 0 saturated carbocycles. The number of rotatable bonds is 5. The number of carbonyl (C=O) groups is 1. The molecule has 2 aromatic rings. The van der Waals surface area contributed by atoms with Gasteiger partial charge in [0, 0.05) is 30.3 Å². The molecule has 0 bridgehead atoms. The minimum atomic E-state index is -0.409. The highest BCUT2D eigenvalue weighted by molar-refractivity contribution is 7.99. The summed E-state index contributed by atoms with van der Waals surface area (Å²) >= 11 is 3.40. The maximum atomic E-state index is 11.2. The molecule has 0 radical (unpaired) electrons. The highest BCUT2D eigenvalue weighted by Gasteiger charge is 2.18. The number of ether oxygens (including phenoxy) is 1. The summed E-state index contributed by atoms with van der Waals surface area (Å²) in [5.74, 6) is 1.54. The maximum Gasteiger partial charge on any atom is 0.406 e. The molecule has 0 unspecified atom stereocenters. The Morgan fingerprint density at radius 2 is 2.32 bits per heavy atom. The van der Waals surface area contributed by atoms with Crippen molar-refractivity contribution in [1.82, 2.24) is 5.32 Å². The van der Waals surface area contributed by atoms with Crippen LogP contribution in [0.5, 0.6) is 0 Å². The number of nitrogens with zero attached hydrogens (tertiary/aromatic N) is 2. The zero-order valence-electron chi connectivity index (χ0n) is 13.9. The van der Waals surface area contributed by atoms with Gasteiger partial charge in [-0.15, -0.1) is 23.1 Å². The number of alkyl carbamates (subject to hydrolysis) is 1. The molecule has 1 aliphatic rings. The standard InChI is InChI=1S/C17H20N4O2S2/c1-23-17(22)19-6-7-21-8-10-25-14-5-4-12(11-13(14)21)20-16(18)15-3-2-9-24-15/h2-5,9,11H,6-8,10H2,1H3,(H2,18,20)(H,19,22). The third kappa shape index (κ3) is 4.46. The fourth-order valence-corrected chi connectivity index (χ4v) is 4.21. The van der Waals surface area contributed by atoms with Crippen LogP contribution in [0.25, 0.3) is 0 Å². The van der Waals surface area contributed by atoms with E-state index in [9.17, 15) is 4.79 Å². The summed E-state index contributed by atoms with van der Waals surface area (Å²) < 4.78 is 4.60. The van der Waals surface area contributed by atoms with Gasteiger partial charge in [-0.25, -0.2) is 9.79 Å². The van der Waals surface area contributed by atoms with Gasteiger partial charge in [0.2, 0.25) is 0 Å². The number of benzene rings is 1. The molecular formula is C17H20N4O2S2. The van der Waals surface area contributed by atoms with Gasteiger partial charge in [-0.05, 0) is 29.6 Å². The lowest BCUT2D eigenvalue weighted by Crippen LogP contribution is -2.37. The quantitative estimate of drug-likeness (QED) is 0.619. The van der Waals surface area contributed by atoms with E-state index in [-0.39, 0.29) is 0 Å². The number of hydrogen-bond acceptors (Lipinski definition) is 6. The molecule has 2 heterocycles. The molecule has 132 valence electrons. The topological polar surface area (TPSA) is 80.0 Å². The molecule has 6 nitrogen and oxygen atoms in total. The molecule has 3 rings (SSSR count). The number of thiophene rings is 1. The highest BCUT2D eigenvalue weighted by atomic mass is 32.2. The van der Waals surface area contributed by atoms with Crippen molar-refractivity contribution in [2.24, 2.45) is 10.7 Å². The number of amides is 1. The van der Waals surface area contributed by atoms with Gasteiger partial charge in [0.25, 0.3) is 0 Å². The van der Waals surface area contributed by atoms with E-state index in [1.165, 1.54) is 12.0 Å². The van der Waals surface area contributed by atoms with Crippen molar-refractivity contribution in [3.05, 3.63) is 40.6 Å². The molecule has 0 spiro atoms. The Kier molecular flexibility index (Phi) is 5.83. The van der Waals surface area contributed by atoms with E-state index in [4.69, 9.17) is 5.73 Å². The first-order valence-electron chi connectivity index (χ1n) is 7.89. The number of nitrogens with one attached hydrogen (secondary N) is 1. The van der Waals surface area contributed by atoms with Crippen LogP contribution in [0.15, 0.2) is 45.6 Å². The van der Waals surface area contributed by atoms with Crippen LogP contribution in [0.3, 0.4) is 0 Å². The van der Waals surface area contributed by atoms with Crippen LogP contribution < -0.4 is 16.0 Å². The van der Waals surface area contributed by atoms with Crippen molar-refractivity contribution in [2.45, 2.75) is 4.90 Å². The summed E-state index contributed by atoms with van der Waals surface area (Å²) in [6.07, 6.45) is -0.409. The number of methoxy groups -OCH3 is 1. The maximum absolute atomic E-state index is 11.2. The number of thioether (sulfide) groups is 1. The molecule has 0 fully saturated rings.